The summed E-state index contributed by atoms with van der Waals surface area (Å²) in [7, 11) is 0. The number of nitrogens with two attached hydrogens (primary N) is 1. The predicted molar refractivity (Wildman–Crippen MR) is 53.4 cm³/mol. The molecule has 0 spiro atoms. The molecular formula is C10H9F5N2O2. The average Bonchev–Trinajstić information content (AvgIpc) is 2.25. The summed E-state index contributed by atoms with van der Waals surface area (Å²) in [5.41, 5.74) is 0.946. The molecular weight excluding hydrogens is 275 g/mol. The van der Waals surface area contributed by atoms with E-state index in [-0.39, 0.29) is 12.2 Å². The summed E-state index contributed by atoms with van der Waals surface area (Å²) in [5, 5.41) is 8.54. The summed E-state index contributed by atoms with van der Waals surface area (Å²) >= 11 is 0. The number of carboxylic acids is 1. The van der Waals surface area contributed by atoms with E-state index in [9.17, 15) is 26.7 Å². The molecule has 0 aliphatic rings. The van der Waals surface area contributed by atoms with Crippen molar-refractivity contribution in [2.75, 3.05) is 0 Å². The van der Waals surface area contributed by atoms with Crippen LogP contribution in [0.15, 0.2) is 6.07 Å². The number of aliphatic carboxylic acids is 1. The smallest absolute Gasteiger partial charge is 0.418 e. The van der Waals surface area contributed by atoms with Crippen LogP contribution in [0.1, 0.15) is 28.9 Å². The molecule has 0 amide bonds. The first-order valence-corrected chi connectivity index (χ1v) is 4.96. The van der Waals surface area contributed by atoms with Gasteiger partial charge in [-0.05, 0) is 11.6 Å². The Kier molecular flexibility index (Phi) is 4.40. The SMILES string of the molecule is NCc1cc(CC(=O)O)c(C(F)(F)F)c(C(F)F)n1. The largest absolute Gasteiger partial charge is 0.481 e. The first-order chi connectivity index (χ1) is 8.66. The molecule has 1 aromatic rings. The lowest BCUT2D eigenvalue weighted by Crippen LogP contribution is -2.19. The van der Waals surface area contributed by atoms with E-state index < -0.39 is 41.8 Å². The second-order valence-electron chi connectivity index (χ2n) is 3.61. The maximum atomic E-state index is 12.8. The number of nitrogens with zero attached hydrogens (tertiary/aromatic N) is 1. The zero-order valence-corrected chi connectivity index (χ0v) is 9.34. The maximum absolute atomic E-state index is 12.8. The standard InChI is InChI=1S/C10H9F5N2O2/c11-9(12)8-7(10(13,14)15)4(2-6(18)19)1-5(3-16)17-8/h1,9H,2-3,16H2,(H,18,19). The molecule has 19 heavy (non-hydrogen) atoms. The summed E-state index contributed by atoms with van der Waals surface area (Å²) in [6.07, 6.45) is -9.63. The number of halogens is 5. The number of aromatic nitrogens is 1. The van der Waals surface area contributed by atoms with E-state index in [2.05, 4.69) is 4.98 Å². The van der Waals surface area contributed by atoms with Crippen molar-refractivity contribution in [3.8, 4) is 0 Å². The van der Waals surface area contributed by atoms with Crippen LogP contribution in [0.4, 0.5) is 22.0 Å². The Hall–Kier alpha value is -1.77. The van der Waals surface area contributed by atoms with Crippen molar-refractivity contribution < 1.29 is 31.9 Å². The minimum atomic E-state index is -5.11. The third-order valence-electron chi connectivity index (χ3n) is 2.22. The second kappa shape index (κ2) is 5.47. The first kappa shape index (κ1) is 15.3. The molecule has 0 aromatic carbocycles. The Morgan fingerprint density at radius 2 is 2.00 bits per heavy atom. The quantitative estimate of drug-likeness (QED) is 0.830. The van der Waals surface area contributed by atoms with Crippen LogP contribution >= 0.6 is 0 Å². The van der Waals surface area contributed by atoms with E-state index >= 15 is 0 Å². The van der Waals surface area contributed by atoms with Gasteiger partial charge in [0.2, 0.25) is 0 Å². The van der Waals surface area contributed by atoms with Crippen LogP contribution in [0.5, 0.6) is 0 Å². The van der Waals surface area contributed by atoms with E-state index in [4.69, 9.17) is 10.8 Å². The number of carbonyl (C=O) groups is 1. The zero-order valence-electron chi connectivity index (χ0n) is 9.34. The normalized spacial score (nSPS) is 11.9. The van der Waals surface area contributed by atoms with Crippen molar-refractivity contribution in [3.63, 3.8) is 0 Å². The molecule has 0 aliphatic carbocycles. The van der Waals surface area contributed by atoms with Gasteiger partial charge in [0.05, 0.1) is 17.7 Å². The topological polar surface area (TPSA) is 76.2 Å². The lowest BCUT2D eigenvalue weighted by molar-refractivity contribution is -0.141. The lowest BCUT2D eigenvalue weighted by atomic mass is 10.0. The van der Waals surface area contributed by atoms with Crippen LogP contribution < -0.4 is 5.73 Å². The predicted octanol–water partition coefficient (Wildman–Crippen LogP) is 2.12. The molecule has 1 aromatic heterocycles. The van der Waals surface area contributed by atoms with E-state index in [1.807, 2.05) is 0 Å². The fourth-order valence-corrected chi connectivity index (χ4v) is 1.57. The van der Waals surface area contributed by atoms with E-state index in [0.717, 1.165) is 6.07 Å². The van der Waals surface area contributed by atoms with Crippen molar-refractivity contribution in [3.05, 3.63) is 28.6 Å². The molecule has 0 atom stereocenters. The Labute approximate surface area is 104 Å². The van der Waals surface area contributed by atoms with Crippen molar-refractivity contribution in [2.24, 2.45) is 5.73 Å². The van der Waals surface area contributed by atoms with Gasteiger partial charge < -0.3 is 10.8 Å². The molecule has 0 fully saturated rings. The highest BCUT2D eigenvalue weighted by Crippen LogP contribution is 2.38. The summed E-state index contributed by atoms with van der Waals surface area (Å²) in [6.45, 7) is -0.371. The Bertz CT molecular complexity index is 488. The Morgan fingerprint density at radius 3 is 2.37 bits per heavy atom. The number of rotatable bonds is 4. The van der Waals surface area contributed by atoms with Crippen molar-refractivity contribution >= 4 is 5.97 Å². The number of pyridine rings is 1. The van der Waals surface area contributed by atoms with Gasteiger partial charge >= 0.3 is 12.1 Å². The molecule has 9 heteroatoms. The van der Waals surface area contributed by atoms with E-state index in [0.29, 0.717) is 0 Å². The van der Waals surface area contributed by atoms with Gasteiger partial charge in [0.1, 0.15) is 5.69 Å². The van der Waals surface area contributed by atoms with Gasteiger partial charge in [-0.2, -0.15) is 13.2 Å². The number of hydrogen-bond donors (Lipinski definition) is 2. The lowest BCUT2D eigenvalue weighted by Gasteiger charge is -2.17. The highest BCUT2D eigenvalue weighted by molar-refractivity contribution is 5.71. The van der Waals surface area contributed by atoms with E-state index in [1.165, 1.54) is 0 Å². The monoisotopic (exact) mass is 284 g/mol. The maximum Gasteiger partial charge on any atom is 0.418 e. The highest BCUT2D eigenvalue weighted by Gasteiger charge is 2.40. The second-order valence-corrected chi connectivity index (χ2v) is 3.61. The molecule has 0 saturated carbocycles. The molecule has 1 rings (SSSR count). The number of alkyl halides is 5. The van der Waals surface area contributed by atoms with Crippen LogP contribution in [0.3, 0.4) is 0 Å². The van der Waals surface area contributed by atoms with Crippen LogP contribution in [0, 0.1) is 0 Å². The van der Waals surface area contributed by atoms with Gasteiger partial charge in [-0.25, -0.2) is 13.8 Å². The van der Waals surface area contributed by atoms with Crippen LogP contribution in [-0.2, 0) is 23.9 Å². The van der Waals surface area contributed by atoms with Gasteiger partial charge in [-0.3, -0.25) is 4.79 Å². The first-order valence-electron chi connectivity index (χ1n) is 4.96. The van der Waals surface area contributed by atoms with Crippen LogP contribution in [0.25, 0.3) is 0 Å². The van der Waals surface area contributed by atoms with Gasteiger partial charge in [-0.1, -0.05) is 0 Å². The molecule has 0 bridgehead atoms. The van der Waals surface area contributed by atoms with Crippen molar-refractivity contribution in [1.29, 1.82) is 0 Å². The summed E-state index contributed by atoms with van der Waals surface area (Å²) in [5.74, 6) is -1.57. The zero-order chi connectivity index (χ0) is 14.8. The van der Waals surface area contributed by atoms with Gasteiger partial charge in [0.25, 0.3) is 6.43 Å². The minimum Gasteiger partial charge on any atom is -0.481 e. The molecule has 0 unspecified atom stereocenters. The number of hydrogen-bond acceptors (Lipinski definition) is 3. The summed E-state index contributed by atoms with van der Waals surface area (Å²) in [6, 6.07) is 0.781. The number of carboxylic acid groups (broad SMARTS) is 1. The summed E-state index contributed by atoms with van der Waals surface area (Å²) < 4.78 is 63.6. The van der Waals surface area contributed by atoms with Crippen molar-refractivity contribution in [1.82, 2.24) is 4.98 Å². The molecule has 0 aliphatic heterocycles. The third kappa shape index (κ3) is 3.60. The molecule has 4 nitrogen and oxygen atoms in total. The molecule has 0 saturated heterocycles. The van der Waals surface area contributed by atoms with Gasteiger partial charge in [0.15, 0.2) is 0 Å². The van der Waals surface area contributed by atoms with Crippen LogP contribution in [0.2, 0.25) is 0 Å². The fourth-order valence-electron chi connectivity index (χ4n) is 1.57. The van der Waals surface area contributed by atoms with E-state index in [1.54, 1.807) is 0 Å². The average molecular weight is 284 g/mol. The molecule has 106 valence electrons. The minimum absolute atomic E-state index is 0.223. The molecule has 3 N–H and O–H groups in total. The summed E-state index contributed by atoms with van der Waals surface area (Å²) in [4.78, 5) is 13.7. The third-order valence-corrected chi connectivity index (χ3v) is 2.22. The molecule has 0 radical (unpaired) electrons. The fraction of sp³-hybridized carbons (Fsp3) is 0.400. The van der Waals surface area contributed by atoms with Gasteiger partial charge in [-0.15, -0.1) is 0 Å². The van der Waals surface area contributed by atoms with Crippen LogP contribution in [-0.4, -0.2) is 16.1 Å². The van der Waals surface area contributed by atoms with Crippen molar-refractivity contribution in [2.45, 2.75) is 25.6 Å². The van der Waals surface area contributed by atoms with Gasteiger partial charge in [0, 0.05) is 6.54 Å². The Morgan fingerprint density at radius 1 is 1.42 bits per heavy atom. The Balaban J connectivity index is 3.56. The molecule has 1 heterocycles. The highest BCUT2D eigenvalue weighted by atomic mass is 19.4.